The highest BCUT2D eigenvalue weighted by Crippen LogP contribution is 2.13. The van der Waals surface area contributed by atoms with Crippen LogP contribution in [0.2, 0.25) is 5.02 Å². The van der Waals surface area contributed by atoms with Crippen LogP contribution in [0.4, 0.5) is 0 Å². The molecule has 16 heavy (non-hydrogen) atoms. The van der Waals surface area contributed by atoms with Crippen LogP contribution in [0.15, 0.2) is 24.3 Å². The molecule has 0 saturated carbocycles. The second-order valence-electron chi connectivity index (χ2n) is 3.00. The molecule has 3 nitrogen and oxygen atoms in total. The number of halogens is 1. The topological polar surface area (TPSA) is 43.4 Å². The number of benzene rings is 1. The van der Waals surface area contributed by atoms with Crippen molar-refractivity contribution in [2.24, 2.45) is 0 Å². The molecule has 1 aromatic rings. The lowest BCUT2D eigenvalue weighted by Gasteiger charge is -2.01. The maximum absolute atomic E-state index is 11.6. The molecular weight excluding hydrogens is 248 g/mol. The number of carbonyl (C=O) groups is 2. The van der Waals surface area contributed by atoms with Crippen LogP contribution in [0.5, 0.6) is 0 Å². The minimum absolute atomic E-state index is 0.0450. The van der Waals surface area contributed by atoms with Crippen molar-refractivity contribution in [1.82, 2.24) is 0 Å². The van der Waals surface area contributed by atoms with E-state index in [1.165, 1.54) is 18.9 Å². The summed E-state index contributed by atoms with van der Waals surface area (Å²) in [5, 5.41) is 0.531. The number of methoxy groups -OCH3 is 1. The highest BCUT2D eigenvalue weighted by Gasteiger charge is 2.08. The second kappa shape index (κ2) is 6.55. The van der Waals surface area contributed by atoms with Gasteiger partial charge in [0, 0.05) is 10.6 Å². The van der Waals surface area contributed by atoms with Gasteiger partial charge in [0.2, 0.25) is 0 Å². The molecule has 0 aromatic heterocycles. The Kier molecular flexibility index (Phi) is 5.35. The predicted octanol–water partition coefficient (Wildman–Crippen LogP) is 2.43. The standard InChI is InChI=1S/C11H11ClO3S/c1-15-11(14)7-16-6-10(13)8-3-2-4-9(12)5-8/h2-5H,6-7H2,1H3. The van der Waals surface area contributed by atoms with Crippen LogP contribution in [0, 0.1) is 0 Å². The number of esters is 1. The number of hydrogen-bond acceptors (Lipinski definition) is 4. The van der Waals surface area contributed by atoms with Crippen LogP contribution < -0.4 is 0 Å². The highest BCUT2D eigenvalue weighted by molar-refractivity contribution is 8.00. The molecule has 0 aliphatic carbocycles. The molecule has 0 heterocycles. The summed E-state index contributed by atoms with van der Waals surface area (Å²) in [5.41, 5.74) is 0.560. The number of ether oxygens (including phenoxy) is 1. The summed E-state index contributed by atoms with van der Waals surface area (Å²) in [6.07, 6.45) is 0. The summed E-state index contributed by atoms with van der Waals surface area (Å²) >= 11 is 6.99. The summed E-state index contributed by atoms with van der Waals surface area (Å²) in [7, 11) is 1.32. The first-order valence-electron chi connectivity index (χ1n) is 4.57. The molecule has 0 bridgehead atoms. The second-order valence-corrected chi connectivity index (χ2v) is 4.42. The number of carbonyl (C=O) groups excluding carboxylic acids is 2. The van der Waals surface area contributed by atoms with Crippen molar-refractivity contribution in [3.05, 3.63) is 34.9 Å². The van der Waals surface area contributed by atoms with Gasteiger partial charge in [-0.25, -0.2) is 0 Å². The molecule has 0 amide bonds. The van der Waals surface area contributed by atoms with E-state index in [1.807, 2.05) is 0 Å². The van der Waals surface area contributed by atoms with E-state index in [0.717, 1.165) is 0 Å². The zero-order chi connectivity index (χ0) is 12.0. The average Bonchev–Trinajstić information content (AvgIpc) is 2.28. The Hall–Kier alpha value is -1.00. The van der Waals surface area contributed by atoms with Crippen molar-refractivity contribution in [2.75, 3.05) is 18.6 Å². The first kappa shape index (κ1) is 13.1. The average molecular weight is 259 g/mol. The van der Waals surface area contributed by atoms with Crippen molar-refractivity contribution in [3.8, 4) is 0 Å². The summed E-state index contributed by atoms with van der Waals surface area (Å²) in [5.74, 6) is 0.0541. The van der Waals surface area contributed by atoms with Crippen molar-refractivity contribution in [2.45, 2.75) is 0 Å². The number of rotatable bonds is 5. The SMILES string of the molecule is COC(=O)CSCC(=O)c1cccc(Cl)c1. The Morgan fingerprint density at radius 3 is 2.75 bits per heavy atom. The summed E-state index contributed by atoms with van der Waals surface area (Å²) in [6, 6.07) is 6.75. The Balaban J connectivity index is 2.44. The molecule has 0 unspecified atom stereocenters. The molecular formula is C11H11ClO3S. The van der Waals surface area contributed by atoms with E-state index in [1.54, 1.807) is 24.3 Å². The lowest BCUT2D eigenvalue weighted by atomic mass is 10.1. The molecule has 1 rings (SSSR count). The Morgan fingerprint density at radius 1 is 1.38 bits per heavy atom. The third kappa shape index (κ3) is 4.24. The number of Topliss-reactive ketones (excluding diaryl/α,β-unsaturated/α-hetero) is 1. The van der Waals surface area contributed by atoms with E-state index in [2.05, 4.69) is 4.74 Å². The van der Waals surface area contributed by atoms with E-state index in [-0.39, 0.29) is 23.3 Å². The van der Waals surface area contributed by atoms with E-state index in [4.69, 9.17) is 11.6 Å². The van der Waals surface area contributed by atoms with Crippen molar-refractivity contribution < 1.29 is 14.3 Å². The normalized spacial score (nSPS) is 9.88. The Morgan fingerprint density at radius 2 is 2.12 bits per heavy atom. The maximum atomic E-state index is 11.6. The van der Waals surface area contributed by atoms with Gasteiger partial charge < -0.3 is 4.74 Å². The summed E-state index contributed by atoms with van der Waals surface area (Å²) in [6.45, 7) is 0. The van der Waals surface area contributed by atoms with Crippen molar-refractivity contribution >= 4 is 35.1 Å². The number of ketones is 1. The molecule has 0 N–H and O–H groups in total. The van der Waals surface area contributed by atoms with Gasteiger partial charge in [-0.05, 0) is 12.1 Å². The van der Waals surface area contributed by atoms with Gasteiger partial charge in [-0.1, -0.05) is 23.7 Å². The first-order chi connectivity index (χ1) is 7.63. The minimum Gasteiger partial charge on any atom is -0.468 e. The van der Waals surface area contributed by atoms with Gasteiger partial charge >= 0.3 is 5.97 Å². The van der Waals surface area contributed by atoms with Gasteiger partial charge in [-0.3, -0.25) is 9.59 Å². The predicted molar refractivity (Wildman–Crippen MR) is 65.1 cm³/mol. The largest absolute Gasteiger partial charge is 0.468 e. The zero-order valence-corrected chi connectivity index (χ0v) is 10.3. The van der Waals surface area contributed by atoms with E-state index in [9.17, 15) is 9.59 Å². The van der Waals surface area contributed by atoms with E-state index < -0.39 is 0 Å². The monoisotopic (exact) mass is 258 g/mol. The van der Waals surface area contributed by atoms with E-state index >= 15 is 0 Å². The number of hydrogen-bond donors (Lipinski definition) is 0. The van der Waals surface area contributed by atoms with Crippen molar-refractivity contribution in [3.63, 3.8) is 0 Å². The van der Waals surface area contributed by atoms with Crippen LogP contribution in [0.1, 0.15) is 10.4 Å². The lowest BCUT2D eigenvalue weighted by Crippen LogP contribution is -2.08. The summed E-state index contributed by atoms with van der Waals surface area (Å²) < 4.78 is 4.46. The van der Waals surface area contributed by atoms with Gasteiger partial charge in [0.1, 0.15) is 0 Å². The molecule has 0 radical (unpaired) electrons. The van der Waals surface area contributed by atoms with Crippen LogP contribution in [0.3, 0.4) is 0 Å². The molecule has 5 heteroatoms. The maximum Gasteiger partial charge on any atom is 0.315 e. The third-order valence-corrected chi connectivity index (χ3v) is 2.97. The Labute approximate surface area is 103 Å². The molecule has 0 fully saturated rings. The van der Waals surface area contributed by atoms with Gasteiger partial charge in [0.05, 0.1) is 18.6 Å². The summed E-state index contributed by atoms with van der Waals surface area (Å²) in [4.78, 5) is 22.4. The smallest absolute Gasteiger partial charge is 0.315 e. The Bertz CT molecular complexity index is 393. The van der Waals surface area contributed by atoms with Crippen molar-refractivity contribution in [1.29, 1.82) is 0 Å². The number of thioether (sulfide) groups is 1. The van der Waals surface area contributed by atoms with Gasteiger partial charge in [0.15, 0.2) is 5.78 Å². The van der Waals surface area contributed by atoms with E-state index in [0.29, 0.717) is 10.6 Å². The van der Waals surface area contributed by atoms with Gasteiger partial charge in [-0.2, -0.15) is 0 Å². The minimum atomic E-state index is -0.330. The third-order valence-electron chi connectivity index (χ3n) is 1.83. The molecule has 1 aromatic carbocycles. The van der Waals surface area contributed by atoms with Crippen LogP contribution in [-0.2, 0) is 9.53 Å². The molecule has 0 aliphatic heterocycles. The fourth-order valence-electron chi connectivity index (χ4n) is 1.03. The fourth-order valence-corrected chi connectivity index (χ4v) is 1.96. The zero-order valence-electron chi connectivity index (χ0n) is 8.73. The lowest BCUT2D eigenvalue weighted by molar-refractivity contribution is -0.137. The van der Waals surface area contributed by atoms with Crippen LogP contribution >= 0.6 is 23.4 Å². The molecule has 86 valence electrons. The fraction of sp³-hybridized carbons (Fsp3) is 0.273. The van der Waals surface area contributed by atoms with Crippen LogP contribution in [0.25, 0.3) is 0 Å². The van der Waals surface area contributed by atoms with Gasteiger partial charge in [-0.15, -0.1) is 11.8 Å². The quantitative estimate of drug-likeness (QED) is 0.601. The first-order valence-corrected chi connectivity index (χ1v) is 6.10. The molecule has 0 aliphatic rings. The van der Waals surface area contributed by atoms with Gasteiger partial charge in [0.25, 0.3) is 0 Å². The molecule has 0 atom stereocenters. The molecule has 0 saturated heterocycles. The molecule has 0 spiro atoms. The van der Waals surface area contributed by atoms with Crippen LogP contribution in [-0.4, -0.2) is 30.4 Å². The highest BCUT2D eigenvalue weighted by atomic mass is 35.5.